The fourth-order valence-electron chi connectivity index (χ4n) is 5.16. The Labute approximate surface area is 235 Å². The summed E-state index contributed by atoms with van der Waals surface area (Å²) >= 11 is 0. The molecule has 0 atom stereocenters. The second-order valence-electron chi connectivity index (χ2n) is 12.1. The standard InChI is InChI=1S/C34H46N4O/c1-25(2)14-20-37(21-15-26(3)4)34(39)29-16-22-38-32(24-29)30(11-10-19-36-17-8-7-9-18-36)33(35-38)31-23-27(5)12-13-28(31)6/h12-13,16,22-26H,7-9,14-15,17-21H2,1-6H3. The highest BCUT2D eigenvalue weighted by molar-refractivity contribution is 5.96. The van der Waals surface area contributed by atoms with Crippen LogP contribution in [-0.2, 0) is 0 Å². The highest BCUT2D eigenvalue weighted by atomic mass is 16.2. The Kier molecular flexibility index (Phi) is 9.86. The van der Waals surface area contributed by atoms with Crippen LogP contribution in [0.4, 0.5) is 0 Å². The summed E-state index contributed by atoms with van der Waals surface area (Å²) in [6.45, 7) is 17.7. The third-order valence-corrected chi connectivity index (χ3v) is 7.73. The predicted octanol–water partition coefficient (Wildman–Crippen LogP) is 6.99. The summed E-state index contributed by atoms with van der Waals surface area (Å²) in [6, 6.07) is 10.4. The summed E-state index contributed by atoms with van der Waals surface area (Å²) < 4.78 is 1.89. The molecule has 1 aromatic carbocycles. The van der Waals surface area contributed by atoms with Crippen molar-refractivity contribution in [3.63, 3.8) is 0 Å². The molecule has 0 unspecified atom stereocenters. The van der Waals surface area contributed by atoms with Crippen LogP contribution in [0.5, 0.6) is 0 Å². The van der Waals surface area contributed by atoms with Crippen molar-refractivity contribution in [2.75, 3.05) is 32.7 Å². The summed E-state index contributed by atoms with van der Waals surface area (Å²) in [6.07, 6.45) is 7.75. The molecule has 0 N–H and O–H groups in total. The van der Waals surface area contributed by atoms with Gasteiger partial charge in [-0.15, -0.1) is 0 Å². The smallest absolute Gasteiger partial charge is 0.253 e. The number of rotatable bonds is 9. The Morgan fingerprint density at radius 3 is 2.33 bits per heavy atom. The topological polar surface area (TPSA) is 40.9 Å². The van der Waals surface area contributed by atoms with Gasteiger partial charge in [-0.3, -0.25) is 9.69 Å². The lowest BCUT2D eigenvalue weighted by atomic mass is 9.99. The third-order valence-electron chi connectivity index (χ3n) is 7.73. The van der Waals surface area contributed by atoms with Crippen molar-refractivity contribution in [3.05, 3.63) is 58.8 Å². The van der Waals surface area contributed by atoms with Gasteiger partial charge in [0.15, 0.2) is 0 Å². The second-order valence-corrected chi connectivity index (χ2v) is 12.1. The summed E-state index contributed by atoms with van der Waals surface area (Å²) in [5.74, 6) is 8.17. The van der Waals surface area contributed by atoms with Gasteiger partial charge >= 0.3 is 0 Å². The predicted molar refractivity (Wildman–Crippen MR) is 162 cm³/mol. The molecular formula is C34H46N4O. The van der Waals surface area contributed by atoms with Crippen molar-refractivity contribution in [3.8, 4) is 23.1 Å². The van der Waals surface area contributed by atoms with Crippen LogP contribution in [0.2, 0.25) is 0 Å². The molecule has 1 saturated heterocycles. The number of amides is 1. The van der Waals surface area contributed by atoms with Crippen molar-refractivity contribution in [1.29, 1.82) is 0 Å². The summed E-state index contributed by atoms with van der Waals surface area (Å²) in [5.41, 5.74) is 6.88. The maximum atomic E-state index is 13.8. The van der Waals surface area contributed by atoms with Gasteiger partial charge in [0, 0.05) is 30.4 Å². The number of aromatic nitrogens is 2. The van der Waals surface area contributed by atoms with E-state index in [1.54, 1.807) is 0 Å². The van der Waals surface area contributed by atoms with Gasteiger partial charge in [0.25, 0.3) is 5.91 Å². The Hall–Kier alpha value is -3.10. The molecule has 0 spiro atoms. The van der Waals surface area contributed by atoms with E-state index in [9.17, 15) is 4.79 Å². The molecule has 208 valence electrons. The van der Waals surface area contributed by atoms with Crippen molar-refractivity contribution >= 4 is 11.4 Å². The molecule has 2 aromatic heterocycles. The highest BCUT2D eigenvalue weighted by Crippen LogP contribution is 2.30. The first-order valence-electron chi connectivity index (χ1n) is 14.8. The minimum absolute atomic E-state index is 0.0977. The van der Waals surface area contributed by atoms with Gasteiger partial charge in [0.05, 0.1) is 17.6 Å². The minimum Gasteiger partial charge on any atom is -0.339 e. The Balaban J connectivity index is 1.74. The van der Waals surface area contributed by atoms with Crippen LogP contribution in [0, 0.1) is 37.5 Å². The van der Waals surface area contributed by atoms with Crippen LogP contribution in [0.3, 0.4) is 0 Å². The lowest BCUT2D eigenvalue weighted by Crippen LogP contribution is -2.34. The second kappa shape index (κ2) is 13.3. The molecule has 1 amide bonds. The number of hydrogen-bond acceptors (Lipinski definition) is 3. The fraction of sp³-hybridized carbons (Fsp3) is 0.529. The quantitative estimate of drug-likeness (QED) is 0.282. The molecule has 5 nitrogen and oxygen atoms in total. The van der Waals surface area contributed by atoms with Gasteiger partial charge in [-0.25, -0.2) is 4.52 Å². The molecular weight excluding hydrogens is 480 g/mol. The normalized spacial score (nSPS) is 14.2. The number of piperidine rings is 1. The van der Waals surface area contributed by atoms with E-state index >= 15 is 0 Å². The lowest BCUT2D eigenvalue weighted by molar-refractivity contribution is 0.0741. The highest BCUT2D eigenvalue weighted by Gasteiger charge is 2.20. The molecule has 39 heavy (non-hydrogen) atoms. The lowest BCUT2D eigenvalue weighted by Gasteiger charge is -2.24. The average Bonchev–Trinajstić information content (AvgIpc) is 3.27. The molecule has 0 saturated carbocycles. The van der Waals surface area contributed by atoms with Gasteiger partial charge in [0.1, 0.15) is 5.69 Å². The first-order valence-corrected chi connectivity index (χ1v) is 14.8. The molecule has 0 aliphatic carbocycles. The van der Waals surface area contributed by atoms with E-state index in [2.05, 4.69) is 76.5 Å². The van der Waals surface area contributed by atoms with Crippen LogP contribution in [0.1, 0.15) is 86.8 Å². The number of carbonyl (C=O) groups excluding carboxylic acids is 1. The summed E-state index contributed by atoms with van der Waals surface area (Å²) in [7, 11) is 0. The Bertz CT molecular complexity index is 1320. The SMILES string of the molecule is Cc1ccc(C)c(-c2nn3ccc(C(=O)N(CCC(C)C)CCC(C)C)cc3c2C#CCN2CCCCC2)c1. The van der Waals surface area contributed by atoms with Crippen molar-refractivity contribution in [2.45, 2.75) is 73.6 Å². The largest absolute Gasteiger partial charge is 0.339 e. The number of nitrogens with zero attached hydrogens (tertiary/aromatic N) is 4. The fourth-order valence-corrected chi connectivity index (χ4v) is 5.16. The van der Waals surface area contributed by atoms with E-state index in [0.29, 0.717) is 17.4 Å². The maximum Gasteiger partial charge on any atom is 0.253 e. The number of benzene rings is 1. The van der Waals surface area contributed by atoms with E-state index in [1.165, 1.54) is 30.4 Å². The average molecular weight is 527 g/mol. The van der Waals surface area contributed by atoms with Gasteiger partial charge < -0.3 is 4.90 Å². The number of carbonyl (C=O) groups is 1. The zero-order valence-corrected chi connectivity index (χ0v) is 24.9. The van der Waals surface area contributed by atoms with Crippen LogP contribution in [0.15, 0.2) is 36.5 Å². The molecule has 0 radical (unpaired) electrons. The minimum atomic E-state index is 0.0977. The number of pyridine rings is 1. The molecule has 1 fully saturated rings. The van der Waals surface area contributed by atoms with Crippen molar-refractivity contribution in [2.24, 2.45) is 11.8 Å². The van der Waals surface area contributed by atoms with E-state index < -0.39 is 0 Å². The number of aryl methyl sites for hydroxylation is 2. The maximum absolute atomic E-state index is 13.8. The zero-order chi connectivity index (χ0) is 27.9. The van der Waals surface area contributed by atoms with E-state index in [1.807, 2.05) is 27.7 Å². The summed E-state index contributed by atoms with van der Waals surface area (Å²) in [5, 5.41) is 4.99. The van der Waals surface area contributed by atoms with Crippen LogP contribution < -0.4 is 0 Å². The molecule has 0 bridgehead atoms. The monoisotopic (exact) mass is 526 g/mol. The third kappa shape index (κ3) is 7.51. The van der Waals surface area contributed by atoms with Crippen molar-refractivity contribution < 1.29 is 4.79 Å². The molecule has 1 aliphatic rings. The Morgan fingerprint density at radius 1 is 0.974 bits per heavy atom. The molecule has 4 rings (SSSR count). The van der Waals surface area contributed by atoms with Gasteiger partial charge in [-0.05, 0) is 88.2 Å². The van der Waals surface area contributed by atoms with E-state index in [4.69, 9.17) is 5.10 Å². The number of likely N-dealkylation sites (tertiary alicyclic amines) is 1. The van der Waals surface area contributed by atoms with Crippen LogP contribution >= 0.6 is 0 Å². The van der Waals surface area contributed by atoms with E-state index in [-0.39, 0.29) is 5.91 Å². The van der Waals surface area contributed by atoms with Crippen molar-refractivity contribution in [1.82, 2.24) is 19.4 Å². The first-order chi connectivity index (χ1) is 18.7. The van der Waals surface area contributed by atoms with Gasteiger partial charge in [-0.1, -0.05) is 63.7 Å². The summed E-state index contributed by atoms with van der Waals surface area (Å²) in [4.78, 5) is 18.3. The van der Waals surface area contributed by atoms with Crippen LogP contribution in [0.25, 0.3) is 16.8 Å². The first kappa shape index (κ1) is 28.9. The molecule has 5 heteroatoms. The van der Waals surface area contributed by atoms with E-state index in [0.717, 1.165) is 67.9 Å². The molecule has 1 aliphatic heterocycles. The number of hydrogen-bond donors (Lipinski definition) is 0. The molecule has 3 heterocycles. The van der Waals surface area contributed by atoms with Crippen LogP contribution in [-0.4, -0.2) is 58.0 Å². The molecule has 3 aromatic rings. The zero-order valence-electron chi connectivity index (χ0n) is 24.9. The Morgan fingerprint density at radius 2 is 1.67 bits per heavy atom. The number of fused-ring (bicyclic) bond motifs is 1. The van der Waals surface area contributed by atoms with Gasteiger partial charge in [-0.2, -0.15) is 5.10 Å². The van der Waals surface area contributed by atoms with Gasteiger partial charge in [0.2, 0.25) is 0 Å².